The SMILES string of the molecule is CCCC1=CC2CCC(CCC)CC2C(F)=C1F.CCCc1cc2ccc(CCC)c(C)c2c(F)c1F.CCCc1ccc(CCC)c(F)c1F. The van der Waals surface area contributed by atoms with Gasteiger partial charge in [0, 0.05) is 11.3 Å². The van der Waals surface area contributed by atoms with Crippen LogP contribution in [-0.4, -0.2) is 0 Å². The molecule has 0 aliphatic heterocycles. The van der Waals surface area contributed by atoms with Crippen LogP contribution < -0.4 is 0 Å². The summed E-state index contributed by atoms with van der Waals surface area (Å²) in [5.74, 6) is -2.99. The molecule has 2 aliphatic rings. The Labute approximate surface area is 303 Å². The second-order valence-electron chi connectivity index (χ2n) is 14.5. The molecule has 0 amide bonds. The molecule has 6 heteroatoms. The third-order valence-corrected chi connectivity index (χ3v) is 10.4. The Morgan fingerprint density at radius 1 is 0.569 bits per heavy atom. The molecule has 0 radical (unpaired) electrons. The first kappa shape index (κ1) is 42.4. The van der Waals surface area contributed by atoms with Gasteiger partial charge in [-0.3, -0.25) is 0 Å². The average molecular weight is 715 g/mol. The third-order valence-electron chi connectivity index (χ3n) is 10.4. The Hall–Kier alpha value is -3.02. The maximum atomic E-state index is 14.3. The minimum atomic E-state index is -0.684. The van der Waals surface area contributed by atoms with Gasteiger partial charge in [-0.15, -0.1) is 0 Å². The van der Waals surface area contributed by atoms with Gasteiger partial charge in [0.15, 0.2) is 29.1 Å². The van der Waals surface area contributed by atoms with Crippen LogP contribution in [0.2, 0.25) is 0 Å². The minimum Gasteiger partial charge on any atom is -0.208 e. The fourth-order valence-electron chi connectivity index (χ4n) is 7.79. The summed E-state index contributed by atoms with van der Waals surface area (Å²) in [6.07, 6.45) is 15.1. The first-order valence-electron chi connectivity index (χ1n) is 19.6. The van der Waals surface area contributed by atoms with Gasteiger partial charge in [-0.1, -0.05) is 117 Å². The Morgan fingerprint density at radius 2 is 1.08 bits per heavy atom. The van der Waals surface area contributed by atoms with Gasteiger partial charge in [-0.2, -0.15) is 0 Å². The molecule has 0 N–H and O–H groups in total. The lowest BCUT2D eigenvalue weighted by atomic mass is 9.69. The predicted molar refractivity (Wildman–Crippen MR) is 202 cm³/mol. The molecule has 3 atom stereocenters. The Kier molecular flexibility index (Phi) is 17.4. The van der Waals surface area contributed by atoms with Gasteiger partial charge < -0.3 is 0 Å². The molecule has 51 heavy (non-hydrogen) atoms. The largest absolute Gasteiger partial charge is 0.208 e. The topological polar surface area (TPSA) is 0 Å². The highest BCUT2D eigenvalue weighted by molar-refractivity contribution is 5.88. The molecule has 0 spiro atoms. The van der Waals surface area contributed by atoms with Crippen LogP contribution in [0.15, 0.2) is 53.6 Å². The summed E-state index contributed by atoms with van der Waals surface area (Å²) in [5.41, 5.74) is 4.06. The normalized spacial score (nSPS) is 18.5. The summed E-state index contributed by atoms with van der Waals surface area (Å²) in [4.78, 5) is 0. The number of rotatable bonds is 12. The van der Waals surface area contributed by atoms with Crippen molar-refractivity contribution >= 4 is 10.8 Å². The van der Waals surface area contributed by atoms with Crippen LogP contribution in [0.1, 0.15) is 140 Å². The minimum absolute atomic E-state index is 0.170. The van der Waals surface area contributed by atoms with Gasteiger partial charge >= 0.3 is 0 Å². The van der Waals surface area contributed by atoms with E-state index in [1.807, 2.05) is 52.8 Å². The van der Waals surface area contributed by atoms with Crippen LogP contribution in [0, 0.1) is 47.9 Å². The maximum absolute atomic E-state index is 14.3. The summed E-state index contributed by atoms with van der Waals surface area (Å²) in [6, 6.07) is 9.14. The summed E-state index contributed by atoms with van der Waals surface area (Å²) in [5, 5.41) is 1.25. The number of allylic oxidation sites excluding steroid dienone is 4. The third kappa shape index (κ3) is 10.8. The van der Waals surface area contributed by atoms with Crippen LogP contribution in [0.25, 0.3) is 10.8 Å². The fraction of sp³-hybridized carbons (Fsp3) is 0.556. The van der Waals surface area contributed by atoms with Crippen LogP contribution in [-0.2, 0) is 25.7 Å². The maximum Gasteiger partial charge on any atom is 0.167 e. The molecule has 3 unspecified atom stereocenters. The van der Waals surface area contributed by atoms with Crippen molar-refractivity contribution in [2.45, 2.75) is 145 Å². The Balaban J connectivity index is 0.000000209. The fourth-order valence-corrected chi connectivity index (χ4v) is 7.79. The van der Waals surface area contributed by atoms with Crippen LogP contribution in [0.5, 0.6) is 0 Å². The molecule has 0 bridgehead atoms. The van der Waals surface area contributed by atoms with E-state index in [9.17, 15) is 26.3 Å². The van der Waals surface area contributed by atoms with Crippen molar-refractivity contribution < 1.29 is 26.3 Å². The lowest BCUT2D eigenvalue weighted by Gasteiger charge is -2.36. The van der Waals surface area contributed by atoms with Gasteiger partial charge in [0.1, 0.15) is 5.83 Å². The first-order chi connectivity index (χ1) is 24.5. The van der Waals surface area contributed by atoms with Crippen molar-refractivity contribution in [3.63, 3.8) is 0 Å². The van der Waals surface area contributed by atoms with Crippen molar-refractivity contribution in [3.05, 3.63) is 105 Å². The lowest BCUT2D eigenvalue weighted by Crippen LogP contribution is -2.27. The monoisotopic (exact) mass is 714 g/mol. The van der Waals surface area contributed by atoms with E-state index in [4.69, 9.17) is 0 Å². The van der Waals surface area contributed by atoms with Crippen molar-refractivity contribution in [1.82, 2.24) is 0 Å². The van der Waals surface area contributed by atoms with Gasteiger partial charge in [-0.25, -0.2) is 26.3 Å². The van der Waals surface area contributed by atoms with Crippen LogP contribution in [0.3, 0.4) is 0 Å². The Bertz CT molecular complexity index is 1600. The average Bonchev–Trinajstić information content (AvgIpc) is 3.11. The first-order valence-corrected chi connectivity index (χ1v) is 19.6. The number of fused-ring (bicyclic) bond motifs is 2. The second kappa shape index (κ2) is 20.9. The van der Waals surface area contributed by atoms with Crippen molar-refractivity contribution in [2.75, 3.05) is 0 Å². The summed E-state index contributed by atoms with van der Waals surface area (Å²) < 4.78 is 83.2. The highest BCUT2D eigenvalue weighted by atomic mass is 19.2. The van der Waals surface area contributed by atoms with E-state index in [2.05, 4.69) is 13.8 Å². The van der Waals surface area contributed by atoms with E-state index in [0.29, 0.717) is 59.3 Å². The van der Waals surface area contributed by atoms with Gasteiger partial charge in [0.2, 0.25) is 0 Å². The summed E-state index contributed by atoms with van der Waals surface area (Å²) in [6.45, 7) is 14.0. The number of halogens is 6. The van der Waals surface area contributed by atoms with E-state index in [1.54, 1.807) is 18.2 Å². The Morgan fingerprint density at radius 3 is 1.63 bits per heavy atom. The van der Waals surface area contributed by atoms with E-state index < -0.39 is 34.9 Å². The van der Waals surface area contributed by atoms with E-state index in [1.165, 1.54) is 6.42 Å². The molecule has 5 rings (SSSR count). The summed E-state index contributed by atoms with van der Waals surface area (Å²) in [7, 11) is 0. The number of aryl methyl sites for hydroxylation is 5. The van der Waals surface area contributed by atoms with E-state index in [-0.39, 0.29) is 11.8 Å². The quantitative estimate of drug-likeness (QED) is 0.164. The lowest BCUT2D eigenvalue weighted by molar-refractivity contribution is 0.196. The molecule has 3 aromatic rings. The molecular weight excluding hydrogens is 654 g/mol. The molecule has 0 nitrogen and oxygen atoms in total. The van der Waals surface area contributed by atoms with E-state index >= 15 is 0 Å². The molecule has 1 fully saturated rings. The standard InChI is InChI=1S/C17H20F2.C16H24F2.C12H16F2/c1-4-6-12-8-9-13-10-14(7-5-2)16(18)17(19)15(13)11(12)3;1-3-5-11-7-8-12-10-13(6-4-2)15(17)16(18)14(12)9-11;1-3-5-9-7-8-10(6-4-2)12(14)11(9)13/h8-10H,4-7H2,1-3H3;10-12,14H,3-9H2,1-2H3;7-8H,3-6H2,1-2H3. The van der Waals surface area contributed by atoms with Crippen LogP contribution in [0.4, 0.5) is 26.3 Å². The highest BCUT2D eigenvalue weighted by Crippen LogP contribution is 2.47. The predicted octanol–water partition coefficient (Wildman–Crippen LogP) is 14.9. The molecular formula is C45H60F6. The van der Waals surface area contributed by atoms with E-state index in [0.717, 1.165) is 80.7 Å². The van der Waals surface area contributed by atoms with Gasteiger partial charge in [0.05, 0.1) is 0 Å². The van der Waals surface area contributed by atoms with Gasteiger partial charge in [0.25, 0.3) is 0 Å². The number of hydrogen-bond donors (Lipinski definition) is 0. The zero-order chi connectivity index (χ0) is 37.7. The molecule has 2 aliphatic carbocycles. The zero-order valence-electron chi connectivity index (χ0n) is 32.1. The second-order valence-corrected chi connectivity index (χ2v) is 14.5. The molecule has 0 heterocycles. The van der Waals surface area contributed by atoms with Gasteiger partial charge in [-0.05, 0) is 115 Å². The molecule has 1 saturated carbocycles. The van der Waals surface area contributed by atoms with Crippen molar-refractivity contribution in [3.8, 4) is 0 Å². The zero-order valence-corrected chi connectivity index (χ0v) is 32.1. The molecule has 3 aromatic carbocycles. The highest BCUT2D eigenvalue weighted by Gasteiger charge is 2.37. The number of benzene rings is 3. The molecule has 0 saturated heterocycles. The smallest absolute Gasteiger partial charge is 0.167 e. The number of hydrogen-bond acceptors (Lipinski definition) is 0. The molecule has 0 aromatic heterocycles. The molecule has 282 valence electrons. The van der Waals surface area contributed by atoms with Crippen molar-refractivity contribution in [1.29, 1.82) is 0 Å². The summed E-state index contributed by atoms with van der Waals surface area (Å²) >= 11 is 0. The van der Waals surface area contributed by atoms with Crippen molar-refractivity contribution in [2.24, 2.45) is 17.8 Å². The van der Waals surface area contributed by atoms with Crippen LogP contribution >= 0.6 is 0 Å².